The molecule has 1 heterocycles. The smallest absolute Gasteiger partial charge is 0.169 e. The highest BCUT2D eigenvalue weighted by atomic mass is 32.1. The van der Waals surface area contributed by atoms with Gasteiger partial charge in [-0.1, -0.05) is 25.2 Å². The van der Waals surface area contributed by atoms with Crippen LogP contribution < -0.4 is 0 Å². The molecule has 0 aliphatic heterocycles. The van der Waals surface area contributed by atoms with E-state index in [-0.39, 0.29) is 5.78 Å². The monoisotopic (exact) mass is 206 g/mol. The molecule has 0 aliphatic rings. The summed E-state index contributed by atoms with van der Waals surface area (Å²) in [6.07, 6.45) is 3.28. The summed E-state index contributed by atoms with van der Waals surface area (Å²) in [6, 6.07) is 3.76. The molecule has 0 aromatic carbocycles. The second kappa shape index (κ2) is 5.62. The lowest BCUT2D eigenvalue weighted by Crippen LogP contribution is -1.83. The van der Waals surface area contributed by atoms with Crippen molar-refractivity contribution in [3.63, 3.8) is 0 Å². The fourth-order valence-corrected chi connectivity index (χ4v) is 1.79. The van der Waals surface area contributed by atoms with Gasteiger partial charge in [0.15, 0.2) is 5.78 Å². The summed E-state index contributed by atoms with van der Waals surface area (Å²) >= 11 is 1.48. The Kier molecular flexibility index (Phi) is 4.42. The summed E-state index contributed by atoms with van der Waals surface area (Å²) in [7, 11) is 0. The molecular formula is C12H14OS. The van der Waals surface area contributed by atoms with Gasteiger partial charge in [-0.25, -0.2) is 0 Å². The van der Waals surface area contributed by atoms with Crippen LogP contribution in [0.1, 0.15) is 47.7 Å². The van der Waals surface area contributed by atoms with E-state index in [0.29, 0.717) is 0 Å². The average molecular weight is 206 g/mol. The van der Waals surface area contributed by atoms with E-state index in [2.05, 4.69) is 18.8 Å². The van der Waals surface area contributed by atoms with E-state index in [1.165, 1.54) is 17.8 Å². The van der Waals surface area contributed by atoms with Crippen LogP contribution in [0.3, 0.4) is 0 Å². The van der Waals surface area contributed by atoms with Gasteiger partial charge in [0.1, 0.15) is 0 Å². The Balaban J connectivity index is 2.58. The van der Waals surface area contributed by atoms with E-state index < -0.39 is 0 Å². The zero-order valence-corrected chi connectivity index (χ0v) is 9.41. The van der Waals surface area contributed by atoms with Crippen molar-refractivity contribution in [3.8, 4) is 11.8 Å². The molecule has 0 amide bonds. The summed E-state index contributed by atoms with van der Waals surface area (Å²) in [5, 5.41) is 0. The number of unbranched alkanes of at least 4 members (excludes halogenated alkanes) is 2. The third kappa shape index (κ3) is 3.35. The fourth-order valence-electron chi connectivity index (χ4n) is 1.01. The lowest BCUT2D eigenvalue weighted by molar-refractivity contribution is 0.102. The molecule has 0 radical (unpaired) electrons. The molecule has 0 atom stereocenters. The number of hydrogen-bond acceptors (Lipinski definition) is 2. The minimum absolute atomic E-state index is 0.122. The quantitative estimate of drug-likeness (QED) is 0.420. The minimum atomic E-state index is 0.122. The molecule has 74 valence electrons. The van der Waals surface area contributed by atoms with E-state index >= 15 is 0 Å². The number of Topliss-reactive ketones (excluding diaryl/α,β-unsaturated/α-hetero) is 1. The molecule has 1 aromatic heterocycles. The summed E-state index contributed by atoms with van der Waals surface area (Å²) in [4.78, 5) is 12.8. The SMILES string of the molecule is CCCCC#Cc1ccc(C(C)=O)s1. The molecule has 0 unspecified atom stereocenters. The fraction of sp³-hybridized carbons (Fsp3) is 0.417. The second-order valence-corrected chi connectivity index (χ2v) is 4.21. The first-order chi connectivity index (χ1) is 6.74. The third-order valence-corrected chi connectivity index (χ3v) is 2.92. The zero-order chi connectivity index (χ0) is 10.4. The molecule has 0 saturated heterocycles. The Morgan fingerprint density at radius 1 is 1.50 bits per heavy atom. The number of thiophene rings is 1. The predicted molar refractivity (Wildman–Crippen MR) is 60.7 cm³/mol. The Hall–Kier alpha value is -1.07. The van der Waals surface area contributed by atoms with Crippen LogP contribution in [0.15, 0.2) is 12.1 Å². The van der Waals surface area contributed by atoms with Gasteiger partial charge >= 0.3 is 0 Å². The molecule has 0 N–H and O–H groups in total. The Morgan fingerprint density at radius 2 is 2.29 bits per heavy atom. The van der Waals surface area contributed by atoms with Crippen molar-refractivity contribution in [2.75, 3.05) is 0 Å². The molecule has 0 bridgehead atoms. The van der Waals surface area contributed by atoms with Crippen LogP contribution in [-0.4, -0.2) is 5.78 Å². The van der Waals surface area contributed by atoms with E-state index in [4.69, 9.17) is 0 Å². The van der Waals surface area contributed by atoms with Gasteiger partial charge in [-0.15, -0.1) is 11.3 Å². The molecule has 1 aromatic rings. The number of hydrogen-bond donors (Lipinski definition) is 0. The van der Waals surface area contributed by atoms with Crippen molar-refractivity contribution < 1.29 is 4.79 Å². The lowest BCUT2D eigenvalue weighted by atomic mass is 10.2. The molecule has 1 rings (SSSR count). The summed E-state index contributed by atoms with van der Waals surface area (Å²) < 4.78 is 0. The minimum Gasteiger partial charge on any atom is -0.294 e. The highest BCUT2D eigenvalue weighted by Crippen LogP contribution is 2.15. The molecule has 14 heavy (non-hydrogen) atoms. The predicted octanol–water partition coefficient (Wildman–Crippen LogP) is 3.49. The Labute approximate surface area is 89.2 Å². The van der Waals surface area contributed by atoms with Gasteiger partial charge < -0.3 is 0 Å². The number of ketones is 1. The molecule has 2 heteroatoms. The first kappa shape index (κ1) is 11.0. The van der Waals surface area contributed by atoms with Crippen molar-refractivity contribution in [1.29, 1.82) is 0 Å². The maximum Gasteiger partial charge on any atom is 0.169 e. The first-order valence-electron chi connectivity index (χ1n) is 4.83. The van der Waals surface area contributed by atoms with Gasteiger partial charge in [0.05, 0.1) is 9.75 Å². The van der Waals surface area contributed by atoms with Gasteiger partial charge in [-0.2, -0.15) is 0 Å². The van der Waals surface area contributed by atoms with Crippen LogP contribution in [0.2, 0.25) is 0 Å². The van der Waals surface area contributed by atoms with E-state index in [9.17, 15) is 4.79 Å². The van der Waals surface area contributed by atoms with Crippen molar-refractivity contribution >= 4 is 17.1 Å². The van der Waals surface area contributed by atoms with Crippen LogP contribution in [0, 0.1) is 11.8 Å². The van der Waals surface area contributed by atoms with Crippen LogP contribution >= 0.6 is 11.3 Å². The summed E-state index contributed by atoms with van der Waals surface area (Å²) in [5.74, 6) is 6.30. The molecule has 1 nitrogen and oxygen atoms in total. The number of rotatable bonds is 3. The van der Waals surface area contributed by atoms with Gasteiger partial charge in [-0.05, 0) is 25.5 Å². The molecule has 0 aliphatic carbocycles. The average Bonchev–Trinajstić information content (AvgIpc) is 2.61. The normalized spacial score (nSPS) is 9.29. The van der Waals surface area contributed by atoms with Crippen molar-refractivity contribution in [2.24, 2.45) is 0 Å². The van der Waals surface area contributed by atoms with Crippen LogP contribution in [0.4, 0.5) is 0 Å². The maximum absolute atomic E-state index is 11.0. The molecule has 0 spiro atoms. The highest BCUT2D eigenvalue weighted by Gasteiger charge is 2.01. The van der Waals surface area contributed by atoms with Crippen molar-refractivity contribution in [1.82, 2.24) is 0 Å². The van der Waals surface area contributed by atoms with Gasteiger partial charge in [0, 0.05) is 6.42 Å². The second-order valence-electron chi connectivity index (χ2n) is 3.13. The van der Waals surface area contributed by atoms with E-state index in [1.807, 2.05) is 12.1 Å². The van der Waals surface area contributed by atoms with Crippen LogP contribution in [0.25, 0.3) is 0 Å². The number of carbonyl (C=O) groups excluding carboxylic acids is 1. The molecule has 0 fully saturated rings. The summed E-state index contributed by atoms with van der Waals surface area (Å²) in [6.45, 7) is 3.74. The van der Waals surface area contributed by atoms with Crippen LogP contribution in [-0.2, 0) is 0 Å². The Morgan fingerprint density at radius 3 is 2.86 bits per heavy atom. The summed E-state index contributed by atoms with van der Waals surface area (Å²) in [5.41, 5.74) is 0. The van der Waals surface area contributed by atoms with E-state index in [1.54, 1.807) is 6.92 Å². The lowest BCUT2D eigenvalue weighted by Gasteiger charge is -1.84. The van der Waals surface area contributed by atoms with Gasteiger partial charge in [0.25, 0.3) is 0 Å². The molecule has 0 saturated carbocycles. The standard InChI is InChI=1S/C12H14OS/c1-3-4-5-6-7-11-8-9-12(14-11)10(2)13/h8-9H,3-5H2,1-2H3. The third-order valence-electron chi connectivity index (χ3n) is 1.82. The van der Waals surface area contributed by atoms with E-state index in [0.717, 1.165) is 22.6 Å². The number of carbonyl (C=O) groups is 1. The maximum atomic E-state index is 11.0. The Bertz CT molecular complexity index is 365. The first-order valence-corrected chi connectivity index (χ1v) is 5.65. The largest absolute Gasteiger partial charge is 0.294 e. The van der Waals surface area contributed by atoms with Crippen molar-refractivity contribution in [2.45, 2.75) is 33.1 Å². The van der Waals surface area contributed by atoms with Crippen molar-refractivity contribution in [3.05, 3.63) is 21.9 Å². The highest BCUT2D eigenvalue weighted by molar-refractivity contribution is 7.14. The molecular weight excluding hydrogens is 192 g/mol. The zero-order valence-electron chi connectivity index (χ0n) is 8.59. The van der Waals surface area contributed by atoms with Gasteiger partial charge in [0.2, 0.25) is 0 Å². The van der Waals surface area contributed by atoms with Crippen LogP contribution in [0.5, 0.6) is 0 Å². The topological polar surface area (TPSA) is 17.1 Å². The van der Waals surface area contributed by atoms with Gasteiger partial charge in [-0.3, -0.25) is 4.79 Å².